The van der Waals surface area contributed by atoms with Crippen molar-refractivity contribution in [1.29, 1.82) is 0 Å². The summed E-state index contributed by atoms with van der Waals surface area (Å²) in [4.78, 5) is 23.2. The van der Waals surface area contributed by atoms with Crippen molar-refractivity contribution in [2.24, 2.45) is 5.10 Å². The molecule has 1 N–H and O–H groups in total. The summed E-state index contributed by atoms with van der Waals surface area (Å²) in [6, 6.07) is 21.0. The number of para-hydroxylation sites is 1. The summed E-state index contributed by atoms with van der Waals surface area (Å²) in [5, 5.41) is 17.1. The number of furan rings is 1. The van der Waals surface area contributed by atoms with Crippen LogP contribution in [0.15, 0.2) is 82.3 Å². The van der Waals surface area contributed by atoms with Gasteiger partial charge >= 0.3 is 0 Å². The largest absolute Gasteiger partial charge is 0.485 e. The SMILES string of the molecule is O=C(NN=Cc1ccc(-c2ccccc2[N+](=O)[O-])o1)[C@@H]1COc2cc3ccccc3cc2O1. The van der Waals surface area contributed by atoms with Gasteiger partial charge in [-0.25, -0.2) is 5.43 Å². The first-order valence-electron chi connectivity index (χ1n) is 10.1. The molecule has 33 heavy (non-hydrogen) atoms. The average Bonchev–Trinajstić information content (AvgIpc) is 3.31. The van der Waals surface area contributed by atoms with Gasteiger partial charge in [-0.05, 0) is 41.1 Å². The van der Waals surface area contributed by atoms with Crippen LogP contribution in [0.3, 0.4) is 0 Å². The number of nitrogens with one attached hydrogen (secondary N) is 1. The molecule has 1 aliphatic heterocycles. The number of nitrogens with zero attached hydrogens (tertiary/aromatic N) is 2. The molecule has 0 spiro atoms. The number of hydrazone groups is 1. The van der Waals surface area contributed by atoms with Crippen molar-refractivity contribution in [2.75, 3.05) is 6.61 Å². The summed E-state index contributed by atoms with van der Waals surface area (Å²) in [6.45, 7) is 0.0509. The van der Waals surface area contributed by atoms with Crippen molar-refractivity contribution in [3.63, 3.8) is 0 Å². The van der Waals surface area contributed by atoms with Gasteiger partial charge in [-0.2, -0.15) is 5.10 Å². The third kappa shape index (κ3) is 4.11. The van der Waals surface area contributed by atoms with Crippen molar-refractivity contribution < 1.29 is 23.6 Å². The fraction of sp³-hybridized carbons (Fsp3) is 0.0833. The molecule has 0 unspecified atom stereocenters. The molecule has 0 fully saturated rings. The predicted molar refractivity (Wildman–Crippen MR) is 120 cm³/mol. The number of fused-ring (bicyclic) bond motifs is 2. The quantitative estimate of drug-likeness (QED) is 0.279. The number of nitro groups is 1. The summed E-state index contributed by atoms with van der Waals surface area (Å²) in [5.74, 6) is 1.24. The lowest BCUT2D eigenvalue weighted by atomic mass is 10.1. The molecule has 9 heteroatoms. The zero-order valence-corrected chi connectivity index (χ0v) is 17.1. The van der Waals surface area contributed by atoms with E-state index in [9.17, 15) is 14.9 Å². The Morgan fingerprint density at radius 2 is 1.76 bits per heavy atom. The number of rotatable bonds is 5. The van der Waals surface area contributed by atoms with Gasteiger partial charge in [0.25, 0.3) is 11.6 Å². The zero-order valence-electron chi connectivity index (χ0n) is 17.1. The van der Waals surface area contributed by atoms with E-state index in [0.717, 1.165) is 10.8 Å². The smallest absolute Gasteiger partial charge is 0.284 e. The fourth-order valence-electron chi connectivity index (χ4n) is 3.53. The molecule has 0 bridgehead atoms. The Labute approximate surface area is 187 Å². The maximum Gasteiger partial charge on any atom is 0.284 e. The molecule has 164 valence electrons. The first-order chi connectivity index (χ1) is 16.1. The minimum absolute atomic E-state index is 0.0509. The van der Waals surface area contributed by atoms with Crippen LogP contribution in [0, 0.1) is 10.1 Å². The first kappa shape index (κ1) is 20.3. The lowest BCUT2D eigenvalue weighted by molar-refractivity contribution is -0.384. The van der Waals surface area contributed by atoms with E-state index >= 15 is 0 Å². The molecule has 1 amide bonds. The van der Waals surface area contributed by atoms with E-state index in [2.05, 4.69) is 10.5 Å². The highest BCUT2D eigenvalue weighted by atomic mass is 16.6. The average molecular weight is 443 g/mol. The molecule has 1 aliphatic rings. The van der Waals surface area contributed by atoms with Gasteiger partial charge in [-0.15, -0.1) is 0 Å². The Bertz CT molecular complexity index is 1390. The number of hydrogen-bond acceptors (Lipinski definition) is 7. The Hall–Kier alpha value is -4.66. The second-order valence-electron chi connectivity index (χ2n) is 7.27. The summed E-state index contributed by atoms with van der Waals surface area (Å²) in [6.07, 6.45) is 0.441. The van der Waals surface area contributed by atoms with Gasteiger partial charge < -0.3 is 13.9 Å². The van der Waals surface area contributed by atoms with Gasteiger partial charge in [0.05, 0.1) is 16.7 Å². The van der Waals surface area contributed by atoms with Crippen LogP contribution in [-0.4, -0.2) is 29.8 Å². The van der Waals surface area contributed by atoms with E-state index in [1.807, 2.05) is 36.4 Å². The van der Waals surface area contributed by atoms with Crippen LogP contribution in [0.1, 0.15) is 5.76 Å². The fourth-order valence-corrected chi connectivity index (χ4v) is 3.53. The minimum Gasteiger partial charge on any atom is -0.485 e. The Morgan fingerprint density at radius 3 is 2.55 bits per heavy atom. The summed E-state index contributed by atoms with van der Waals surface area (Å²) in [5.41, 5.74) is 2.69. The highest BCUT2D eigenvalue weighted by Gasteiger charge is 2.27. The second kappa shape index (κ2) is 8.46. The minimum atomic E-state index is -0.866. The van der Waals surface area contributed by atoms with Gasteiger partial charge in [0.15, 0.2) is 11.5 Å². The van der Waals surface area contributed by atoms with Crippen molar-refractivity contribution in [3.8, 4) is 22.8 Å². The number of benzene rings is 3. The van der Waals surface area contributed by atoms with Gasteiger partial charge in [0.1, 0.15) is 18.1 Å². The van der Waals surface area contributed by atoms with Crippen LogP contribution >= 0.6 is 0 Å². The van der Waals surface area contributed by atoms with Gasteiger partial charge in [-0.3, -0.25) is 14.9 Å². The molecule has 0 saturated heterocycles. The van der Waals surface area contributed by atoms with Crippen LogP contribution in [0.25, 0.3) is 22.1 Å². The molecule has 0 radical (unpaired) electrons. The molecule has 2 heterocycles. The third-order valence-corrected chi connectivity index (χ3v) is 5.12. The summed E-state index contributed by atoms with van der Waals surface area (Å²) < 4.78 is 17.1. The van der Waals surface area contributed by atoms with Crippen LogP contribution in [0.2, 0.25) is 0 Å². The number of ether oxygens (including phenoxy) is 2. The predicted octanol–water partition coefficient (Wildman–Crippen LogP) is 4.30. The van der Waals surface area contributed by atoms with Crippen molar-refractivity contribution in [1.82, 2.24) is 5.43 Å². The number of hydrogen-bond donors (Lipinski definition) is 1. The van der Waals surface area contributed by atoms with Crippen molar-refractivity contribution in [2.45, 2.75) is 6.10 Å². The lowest BCUT2D eigenvalue weighted by Crippen LogP contribution is -2.42. The van der Waals surface area contributed by atoms with Gasteiger partial charge in [0, 0.05) is 6.07 Å². The molecule has 0 saturated carbocycles. The van der Waals surface area contributed by atoms with E-state index < -0.39 is 16.9 Å². The lowest BCUT2D eigenvalue weighted by Gasteiger charge is -2.25. The molecule has 4 aromatic rings. The molecular formula is C24H17N3O6. The van der Waals surface area contributed by atoms with Crippen LogP contribution in [-0.2, 0) is 4.79 Å². The standard InChI is InChI=1S/C24H17N3O6/c28-24(23-14-31-21-11-15-5-1-2-6-16(15)12-22(21)33-23)26-25-13-17-9-10-20(32-17)18-7-3-4-8-19(18)27(29)30/h1-13,23H,14H2,(H,26,28)/t23-/m0/s1. The summed E-state index contributed by atoms with van der Waals surface area (Å²) >= 11 is 0. The molecule has 1 atom stereocenters. The van der Waals surface area contributed by atoms with E-state index in [1.54, 1.807) is 30.3 Å². The van der Waals surface area contributed by atoms with Gasteiger partial charge in [-0.1, -0.05) is 36.4 Å². The first-order valence-corrected chi connectivity index (χ1v) is 10.1. The highest BCUT2D eigenvalue weighted by Crippen LogP contribution is 2.36. The van der Waals surface area contributed by atoms with Crippen LogP contribution in [0.4, 0.5) is 5.69 Å². The topological polar surface area (TPSA) is 116 Å². The Kier molecular flexibility index (Phi) is 5.19. The second-order valence-corrected chi connectivity index (χ2v) is 7.27. The molecule has 1 aromatic heterocycles. The number of carbonyl (C=O) groups is 1. The molecular weight excluding hydrogens is 426 g/mol. The molecule has 0 aliphatic carbocycles. The van der Waals surface area contributed by atoms with E-state index in [-0.39, 0.29) is 12.3 Å². The highest BCUT2D eigenvalue weighted by molar-refractivity contribution is 5.88. The Balaban J connectivity index is 1.24. The normalized spacial score (nSPS) is 15.0. The van der Waals surface area contributed by atoms with Crippen LogP contribution < -0.4 is 14.9 Å². The van der Waals surface area contributed by atoms with Gasteiger partial charge in [0.2, 0.25) is 6.10 Å². The maximum absolute atomic E-state index is 12.5. The van der Waals surface area contributed by atoms with Crippen molar-refractivity contribution in [3.05, 3.63) is 88.7 Å². The number of amides is 1. The number of nitro benzene ring substituents is 1. The zero-order chi connectivity index (χ0) is 22.8. The molecule has 3 aromatic carbocycles. The van der Waals surface area contributed by atoms with Crippen LogP contribution in [0.5, 0.6) is 11.5 Å². The number of carbonyl (C=O) groups excluding carboxylic acids is 1. The maximum atomic E-state index is 12.5. The summed E-state index contributed by atoms with van der Waals surface area (Å²) in [7, 11) is 0. The Morgan fingerprint density at radius 1 is 1.03 bits per heavy atom. The van der Waals surface area contributed by atoms with E-state index in [0.29, 0.717) is 28.6 Å². The third-order valence-electron chi connectivity index (χ3n) is 5.12. The van der Waals surface area contributed by atoms with E-state index in [4.69, 9.17) is 13.9 Å². The van der Waals surface area contributed by atoms with Crippen molar-refractivity contribution >= 4 is 28.6 Å². The monoisotopic (exact) mass is 443 g/mol. The molecule has 9 nitrogen and oxygen atoms in total. The van der Waals surface area contributed by atoms with E-state index in [1.165, 1.54) is 12.3 Å². The molecule has 5 rings (SSSR count).